The predicted molar refractivity (Wildman–Crippen MR) is 115 cm³/mol. The second-order valence-electron chi connectivity index (χ2n) is 6.08. The lowest BCUT2D eigenvalue weighted by Crippen LogP contribution is -2.49. The Balaban J connectivity index is 2.15. The van der Waals surface area contributed by atoms with E-state index in [-0.39, 0.29) is 25.0 Å². The number of amides is 2. The molecule has 0 aliphatic heterocycles. The fraction of sp³-hybridized carbons (Fsp3) is 0.300. The molecule has 0 aliphatic rings. The molecule has 2 rings (SSSR count). The summed E-state index contributed by atoms with van der Waals surface area (Å²) in [6.07, 6.45) is 0. The summed E-state index contributed by atoms with van der Waals surface area (Å²) in [7, 11) is 0. The van der Waals surface area contributed by atoms with Gasteiger partial charge in [0.1, 0.15) is 11.8 Å². The lowest BCUT2D eigenvalue weighted by molar-refractivity contribution is -0.142. The number of rotatable bonds is 8. The van der Waals surface area contributed by atoms with Gasteiger partial charge in [-0.2, -0.15) is 0 Å². The van der Waals surface area contributed by atoms with Crippen molar-refractivity contribution in [2.45, 2.75) is 26.4 Å². The Labute approximate surface area is 183 Å². The van der Waals surface area contributed by atoms with Crippen molar-refractivity contribution in [3.05, 3.63) is 62.5 Å². The summed E-state index contributed by atoms with van der Waals surface area (Å²) in [4.78, 5) is 26.6. The van der Waals surface area contributed by atoms with Gasteiger partial charge in [-0.15, -0.1) is 0 Å². The summed E-state index contributed by atoms with van der Waals surface area (Å²) in [5.74, 6) is -0.158. The number of nitrogens with zero attached hydrogens (tertiary/aromatic N) is 1. The summed E-state index contributed by atoms with van der Waals surface area (Å²) < 4.78 is 6.39. The summed E-state index contributed by atoms with van der Waals surface area (Å²) >= 11 is 15.4. The zero-order valence-electron chi connectivity index (χ0n) is 15.5. The highest BCUT2D eigenvalue weighted by atomic mass is 79.9. The predicted octanol–water partition coefficient (Wildman–Crippen LogP) is 4.69. The van der Waals surface area contributed by atoms with Gasteiger partial charge >= 0.3 is 0 Å². The third kappa shape index (κ3) is 6.40. The molecule has 0 saturated heterocycles. The summed E-state index contributed by atoms with van der Waals surface area (Å²) in [6, 6.07) is 11.6. The minimum absolute atomic E-state index is 0.230. The van der Waals surface area contributed by atoms with E-state index in [0.717, 1.165) is 10.0 Å². The molecule has 0 aliphatic carbocycles. The monoisotopic (exact) mass is 486 g/mol. The molecule has 150 valence electrons. The van der Waals surface area contributed by atoms with Crippen molar-refractivity contribution in [3.8, 4) is 5.75 Å². The highest BCUT2D eigenvalue weighted by Crippen LogP contribution is 2.27. The first kappa shape index (κ1) is 22.5. The van der Waals surface area contributed by atoms with Crippen molar-refractivity contribution in [2.75, 3.05) is 13.2 Å². The van der Waals surface area contributed by atoms with Gasteiger partial charge in [0.25, 0.3) is 5.91 Å². The lowest BCUT2D eigenvalue weighted by atomic mass is 10.1. The Morgan fingerprint density at radius 2 is 1.86 bits per heavy atom. The number of ether oxygens (including phenoxy) is 1. The van der Waals surface area contributed by atoms with Crippen LogP contribution in [0.25, 0.3) is 0 Å². The van der Waals surface area contributed by atoms with Crippen molar-refractivity contribution < 1.29 is 14.3 Å². The van der Waals surface area contributed by atoms with Gasteiger partial charge in [0.15, 0.2) is 6.61 Å². The molecule has 1 atom stereocenters. The molecule has 0 saturated carbocycles. The van der Waals surface area contributed by atoms with Gasteiger partial charge in [-0.1, -0.05) is 51.3 Å². The van der Waals surface area contributed by atoms with Crippen LogP contribution in [0.15, 0.2) is 46.9 Å². The van der Waals surface area contributed by atoms with Crippen LogP contribution in [0.1, 0.15) is 19.4 Å². The van der Waals surface area contributed by atoms with Gasteiger partial charge in [-0.25, -0.2) is 0 Å². The number of likely N-dealkylation sites (N-methyl/N-ethyl adjacent to an activating group) is 1. The van der Waals surface area contributed by atoms with Crippen molar-refractivity contribution in [2.24, 2.45) is 0 Å². The number of halogens is 3. The zero-order chi connectivity index (χ0) is 20.7. The van der Waals surface area contributed by atoms with Crippen LogP contribution in [0.2, 0.25) is 10.0 Å². The molecule has 0 radical (unpaired) electrons. The first-order valence-electron chi connectivity index (χ1n) is 8.71. The Morgan fingerprint density at radius 3 is 2.46 bits per heavy atom. The first-order chi connectivity index (χ1) is 13.3. The normalized spacial score (nSPS) is 11.6. The molecule has 0 fully saturated rings. The van der Waals surface area contributed by atoms with Crippen molar-refractivity contribution >= 4 is 50.9 Å². The van der Waals surface area contributed by atoms with Gasteiger partial charge in [-0.05, 0) is 49.7 Å². The molecule has 2 aromatic rings. The minimum atomic E-state index is -0.660. The molecule has 28 heavy (non-hydrogen) atoms. The van der Waals surface area contributed by atoms with Gasteiger partial charge in [0, 0.05) is 22.6 Å². The molecule has 1 unspecified atom stereocenters. The molecule has 2 amide bonds. The third-order valence-corrected chi connectivity index (χ3v) is 5.07. The topological polar surface area (TPSA) is 58.6 Å². The van der Waals surface area contributed by atoms with E-state index in [1.165, 1.54) is 4.90 Å². The summed E-state index contributed by atoms with van der Waals surface area (Å²) in [5.41, 5.74) is 0.857. The third-order valence-electron chi connectivity index (χ3n) is 4.03. The Morgan fingerprint density at radius 1 is 1.18 bits per heavy atom. The molecule has 0 aromatic heterocycles. The lowest BCUT2D eigenvalue weighted by Gasteiger charge is -2.28. The van der Waals surface area contributed by atoms with E-state index in [1.54, 1.807) is 37.3 Å². The zero-order valence-corrected chi connectivity index (χ0v) is 18.6. The number of benzene rings is 2. The minimum Gasteiger partial charge on any atom is -0.482 e. The van der Waals surface area contributed by atoms with E-state index in [4.69, 9.17) is 27.9 Å². The van der Waals surface area contributed by atoms with Gasteiger partial charge in [0.2, 0.25) is 5.91 Å². The number of hydrogen-bond donors (Lipinski definition) is 1. The second-order valence-corrected chi connectivity index (χ2v) is 7.84. The highest BCUT2D eigenvalue weighted by Gasteiger charge is 2.26. The Hall–Kier alpha value is -1.76. The number of hydrogen-bond acceptors (Lipinski definition) is 3. The molecular weight excluding hydrogens is 467 g/mol. The number of carbonyl (C=O) groups excluding carboxylic acids is 2. The van der Waals surface area contributed by atoms with E-state index >= 15 is 0 Å². The van der Waals surface area contributed by atoms with Gasteiger partial charge in [0.05, 0.1) is 5.02 Å². The van der Waals surface area contributed by atoms with Crippen LogP contribution >= 0.6 is 39.1 Å². The molecule has 0 heterocycles. The molecular formula is C20H21BrCl2N2O3. The fourth-order valence-electron chi connectivity index (χ4n) is 2.51. The molecule has 2 aromatic carbocycles. The van der Waals surface area contributed by atoms with E-state index in [1.807, 2.05) is 19.1 Å². The standard InChI is InChI=1S/C20H21BrCl2N2O3/c1-3-24-20(27)13(2)25(11-14-4-7-16(22)8-5-14)19(26)12-28-18-9-6-15(21)10-17(18)23/h4-10,13H,3,11-12H2,1-2H3,(H,24,27). The smallest absolute Gasteiger partial charge is 0.261 e. The maximum absolute atomic E-state index is 12.9. The van der Waals surface area contributed by atoms with Crippen LogP contribution < -0.4 is 10.1 Å². The van der Waals surface area contributed by atoms with Crippen molar-refractivity contribution in [1.29, 1.82) is 0 Å². The van der Waals surface area contributed by atoms with Crippen LogP contribution in [-0.4, -0.2) is 35.9 Å². The van der Waals surface area contributed by atoms with E-state index < -0.39 is 6.04 Å². The van der Waals surface area contributed by atoms with E-state index in [9.17, 15) is 9.59 Å². The Kier molecular flexibility index (Phi) is 8.60. The van der Waals surface area contributed by atoms with Crippen molar-refractivity contribution in [1.82, 2.24) is 10.2 Å². The number of carbonyl (C=O) groups is 2. The average Bonchev–Trinajstić information content (AvgIpc) is 2.66. The molecule has 1 N–H and O–H groups in total. The van der Waals surface area contributed by atoms with Crippen LogP contribution in [-0.2, 0) is 16.1 Å². The summed E-state index contributed by atoms with van der Waals surface area (Å²) in [5, 5.41) is 3.74. The first-order valence-corrected chi connectivity index (χ1v) is 10.3. The van der Waals surface area contributed by atoms with Crippen LogP contribution in [0.3, 0.4) is 0 Å². The maximum Gasteiger partial charge on any atom is 0.261 e. The Bertz CT molecular complexity index is 831. The molecule has 0 spiro atoms. The van der Waals surface area contributed by atoms with Gasteiger partial charge in [-0.3, -0.25) is 9.59 Å². The van der Waals surface area contributed by atoms with E-state index in [0.29, 0.717) is 22.3 Å². The van der Waals surface area contributed by atoms with Crippen LogP contribution in [0.4, 0.5) is 0 Å². The van der Waals surface area contributed by atoms with Crippen LogP contribution in [0, 0.1) is 0 Å². The molecule has 8 heteroatoms. The van der Waals surface area contributed by atoms with Gasteiger partial charge < -0.3 is 15.0 Å². The van der Waals surface area contributed by atoms with E-state index in [2.05, 4.69) is 21.2 Å². The number of nitrogens with one attached hydrogen (secondary N) is 1. The molecule has 0 bridgehead atoms. The quantitative estimate of drug-likeness (QED) is 0.587. The van der Waals surface area contributed by atoms with Crippen LogP contribution in [0.5, 0.6) is 5.75 Å². The molecule has 5 nitrogen and oxygen atoms in total. The average molecular weight is 488 g/mol. The summed E-state index contributed by atoms with van der Waals surface area (Å²) in [6.45, 7) is 4.02. The van der Waals surface area contributed by atoms with Crippen molar-refractivity contribution in [3.63, 3.8) is 0 Å². The maximum atomic E-state index is 12.9. The largest absolute Gasteiger partial charge is 0.482 e. The highest BCUT2D eigenvalue weighted by molar-refractivity contribution is 9.10. The SMILES string of the molecule is CCNC(=O)C(C)N(Cc1ccc(Cl)cc1)C(=O)COc1ccc(Br)cc1Cl. The fourth-order valence-corrected chi connectivity index (χ4v) is 3.36. The second kappa shape index (κ2) is 10.7.